The summed E-state index contributed by atoms with van der Waals surface area (Å²) in [4.78, 5) is 37.5. The summed E-state index contributed by atoms with van der Waals surface area (Å²) < 4.78 is 14.3. The van der Waals surface area contributed by atoms with Crippen LogP contribution in [0.3, 0.4) is 0 Å². The molecule has 142 valence electrons. The second-order valence-corrected chi connectivity index (χ2v) is 7.06. The second kappa shape index (κ2) is 8.03. The monoisotopic (exact) mass is 384 g/mol. The van der Waals surface area contributed by atoms with E-state index in [1.165, 1.54) is 4.90 Å². The number of nitrogens with zero attached hydrogens (tertiary/aromatic N) is 1. The maximum Gasteiger partial charge on any atom is 0.343 e. The van der Waals surface area contributed by atoms with Gasteiger partial charge in [-0.15, -0.1) is 0 Å². The molecule has 8 heteroatoms. The molecule has 0 radical (unpaired) electrons. The van der Waals surface area contributed by atoms with Crippen molar-refractivity contribution in [3.05, 3.63) is 34.9 Å². The molecule has 0 aliphatic carbocycles. The van der Waals surface area contributed by atoms with E-state index in [1.807, 2.05) is 6.92 Å². The number of nitrogens with one attached hydrogen (secondary N) is 1. The zero-order valence-corrected chi connectivity index (χ0v) is 15.4. The quantitative estimate of drug-likeness (QED) is 0.789. The number of aliphatic carboxylic acids is 1. The predicted molar refractivity (Wildman–Crippen MR) is 94.8 cm³/mol. The number of hydrogen-bond donors (Lipinski definition) is 2. The summed E-state index contributed by atoms with van der Waals surface area (Å²) in [6.07, 6.45) is 0.358. The van der Waals surface area contributed by atoms with Gasteiger partial charge >= 0.3 is 5.97 Å². The Labute approximate surface area is 156 Å². The third-order valence-electron chi connectivity index (χ3n) is 4.79. The molecule has 1 saturated heterocycles. The third-order valence-corrected chi connectivity index (χ3v) is 5.04. The molecule has 1 aliphatic rings. The van der Waals surface area contributed by atoms with Gasteiger partial charge in [-0.05, 0) is 30.2 Å². The van der Waals surface area contributed by atoms with E-state index >= 15 is 0 Å². The Kier molecular flexibility index (Phi) is 6.23. The SMILES string of the molecule is CCC(C)C(NC(=O)c1ccc(Cl)cc1)C(=O)N1CCC(F)(C(=O)O)C1. The van der Waals surface area contributed by atoms with Gasteiger partial charge in [0.2, 0.25) is 11.6 Å². The smallest absolute Gasteiger partial charge is 0.343 e. The highest BCUT2D eigenvalue weighted by molar-refractivity contribution is 6.30. The number of carbonyl (C=O) groups excluding carboxylic acids is 2. The Balaban J connectivity index is 2.14. The van der Waals surface area contributed by atoms with Crippen LogP contribution in [0.5, 0.6) is 0 Å². The fraction of sp³-hybridized carbons (Fsp3) is 0.500. The van der Waals surface area contributed by atoms with Crippen LogP contribution in [0.4, 0.5) is 4.39 Å². The van der Waals surface area contributed by atoms with Gasteiger partial charge in [0.1, 0.15) is 6.04 Å². The molecule has 6 nitrogen and oxygen atoms in total. The van der Waals surface area contributed by atoms with E-state index in [0.29, 0.717) is 17.0 Å². The molecule has 26 heavy (non-hydrogen) atoms. The molecular weight excluding hydrogens is 363 g/mol. The van der Waals surface area contributed by atoms with Gasteiger partial charge in [-0.1, -0.05) is 31.9 Å². The van der Waals surface area contributed by atoms with Crippen molar-refractivity contribution in [3.8, 4) is 0 Å². The Bertz CT molecular complexity index is 697. The van der Waals surface area contributed by atoms with Crippen LogP contribution in [0, 0.1) is 5.92 Å². The normalized spacial score (nSPS) is 21.9. The molecule has 1 aliphatic heterocycles. The summed E-state index contributed by atoms with van der Waals surface area (Å²) in [7, 11) is 0. The Hall–Kier alpha value is -2.15. The van der Waals surface area contributed by atoms with Crippen LogP contribution >= 0.6 is 11.6 Å². The molecule has 0 spiro atoms. The van der Waals surface area contributed by atoms with Crippen molar-refractivity contribution in [3.63, 3.8) is 0 Å². The van der Waals surface area contributed by atoms with Crippen molar-refractivity contribution in [1.29, 1.82) is 0 Å². The number of benzene rings is 1. The van der Waals surface area contributed by atoms with Gasteiger partial charge in [0, 0.05) is 23.6 Å². The third kappa shape index (κ3) is 4.33. The summed E-state index contributed by atoms with van der Waals surface area (Å²) in [5.74, 6) is -2.68. The largest absolute Gasteiger partial charge is 0.479 e. The first-order chi connectivity index (χ1) is 12.2. The highest BCUT2D eigenvalue weighted by Gasteiger charge is 2.48. The molecule has 2 rings (SSSR count). The van der Waals surface area contributed by atoms with Crippen LogP contribution in [0.2, 0.25) is 5.02 Å². The number of alkyl halides is 1. The molecule has 3 atom stereocenters. The van der Waals surface area contributed by atoms with Crippen molar-refractivity contribution in [1.82, 2.24) is 10.2 Å². The van der Waals surface area contributed by atoms with Crippen LogP contribution in [0.15, 0.2) is 24.3 Å². The van der Waals surface area contributed by atoms with Crippen LogP contribution in [-0.4, -0.2) is 52.6 Å². The Morgan fingerprint density at radius 3 is 2.46 bits per heavy atom. The average Bonchev–Trinajstić information content (AvgIpc) is 3.02. The van der Waals surface area contributed by atoms with E-state index in [9.17, 15) is 18.8 Å². The molecule has 1 heterocycles. The molecule has 0 bridgehead atoms. The number of carboxylic acids is 1. The van der Waals surface area contributed by atoms with Crippen molar-refractivity contribution < 1.29 is 23.9 Å². The first-order valence-corrected chi connectivity index (χ1v) is 8.83. The molecule has 2 amide bonds. The highest BCUT2D eigenvalue weighted by Crippen LogP contribution is 2.27. The summed E-state index contributed by atoms with van der Waals surface area (Å²) in [6, 6.07) is 5.37. The maximum atomic E-state index is 14.3. The zero-order valence-electron chi connectivity index (χ0n) is 14.7. The Morgan fingerprint density at radius 2 is 1.96 bits per heavy atom. The van der Waals surface area contributed by atoms with Crippen molar-refractivity contribution in [2.45, 2.75) is 38.4 Å². The van der Waals surface area contributed by atoms with E-state index in [0.717, 1.165) is 0 Å². The lowest BCUT2D eigenvalue weighted by Crippen LogP contribution is -2.52. The predicted octanol–water partition coefficient (Wildman–Crippen LogP) is 2.51. The van der Waals surface area contributed by atoms with Crippen LogP contribution < -0.4 is 5.32 Å². The Morgan fingerprint density at radius 1 is 1.35 bits per heavy atom. The lowest BCUT2D eigenvalue weighted by atomic mass is 9.97. The highest BCUT2D eigenvalue weighted by atomic mass is 35.5. The van der Waals surface area contributed by atoms with Crippen molar-refractivity contribution >= 4 is 29.4 Å². The lowest BCUT2D eigenvalue weighted by Gasteiger charge is -2.28. The fourth-order valence-corrected chi connectivity index (χ4v) is 2.97. The van der Waals surface area contributed by atoms with Gasteiger partial charge < -0.3 is 15.3 Å². The molecule has 2 N–H and O–H groups in total. The number of carbonyl (C=O) groups is 3. The summed E-state index contributed by atoms with van der Waals surface area (Å²) in [5, 5.41) is 12.2. The molecule has 1 aromatic rings. The number of amides is 2. The fourth-order valence-electron chi connectivity index (χ4n) is 2.84. The van der Waals surface area contributed by atoms with Gasteiger partial charge in [-0.3, -0.25) is 9.59 Å². The summed E-state index contributed by atoms with van der Waals surface area (Å²) >= 11 is 5.81. The van der Waals surface area contributed by atoms with Gasteiger partial charge in [0.25, 0.3) is 5.91 Å². The van der Waals surface area contributed by atoms with E-state index in [4.69, 9.17) is 16.7 Å². The molecule has 3 unspecified atom stereocenters. The number of hydrogen-bond acceptors (Lipinski definition) is 3. The van der Waals surface area contributed by atoms with Gasteiger partial charge in [0.15, 0.2) is 0 Å². The van der Waals surface area contributed by atoms with E-state index in [-0.39, 0.29) is 18.9 Å². The number of likely N-dealkylation sites (tertiary alicyclic amines) is 1. The van der Waals surface area contributed by atoms with Crippen LogP contribution in [-0.2, 0) is 9.59 Å². The van der Waals surface area contributed by atoms with Crippen molar-refractivity contribution in [2.75, 3.05) is 13.1 Å². The first-order valence-electron chi connectivity index (χ1n) is 8.45. The summed E-state index contributed by atoms with van der Waals surface area (Å²) in [6.45, 7) is 3.18. The second-order valence-electron chi connectivity index (χ2n) is 6.62. The number of rotatable bonds is 6. The minimum absolute atomic E-state index is 0.00534. The zero-order chi connectivity index (χ0) is 19.5. The minimum Gasteiger partial charge on any atom is -0.479 e. The first kappa shape index (κ1) is 20.2. The lowest BCUT2D eigenvalue weighted by molar-refractivity contribution is -0.150. The molecular formula is C18H22ClFN2O4. The maximum absolute atomic E-state index is 14.3. The topological polar surface area (TPSA) is 86.7 Å². The average molecular weight is 385 g/mol. The molecule has 1 fully saturated rings. The standard InChI is InChI=1S/C18H22ClFN2O4/c1-3-11(2)14(21-15(23)12-4-6-13(19)7-5-12)16(24)22-9-8-18(20,10-22)17(25)26/h4-7,11,14H,3,8-10H2,1-2H3,(H,21,23)(H,25,26). The van der Waals surface area contributed by atoms with Gasteiger partial charge in [-0.2, -0.15) is 0 Å². The van der Waals surface area contributed by atoms with Gasteiger partial charge in [-0.25, -0.2) is 9.18 Å². The number of halogens is 2. The van der Waals surface area contributed by atoms with Crippen molar-refractivity contribution in [2.24, 2.45) is 5.92 Å². The molecule has 1 aromatic carbocycles. The minimum atomic E-state index is -2.43. The van der Waals surface area contributed by atoms with E-state index in [1.54, 1.807) is 31.2 Å². The van der Waals surface area contributed by atoms with Crippen LogP contribution in [0.1, 0.15) is 37.0 Å². The summed E-state index contributed by atoms with van der Waals surface area (Å²) in [5.41, 5.74) is -2.09. The van der Waals surface area contributed by atoms with E-state index in [2.05, 4.69) is 5.32 Å². The molecule has 0 saturated carbocycles. The number of carboxylic acid groups (broad SMARTS) is 1. The van der Waals surface area contributed by atoms with E-state index < -0.39 is 36.0 Å². The van der Waals surface area contributed by atoms with Gasteiger partial charge in [0.05, 0.1) is 6.54 Å². The van der Waals surface area contributed by atoms with Crippen LogP contribution in [0.25, 0.3) is 0 Å². The molecule has 0 aromatic heterocycles.